The van der Waals surface area contributed by atoms with Gasteiger partial charge in [-0.2, -0.15) is 5.10 Å². The standard InChI is InChI=1S/C12H16ClN3O/c1-9(2)14-6-12-10(3-4-17-12)7-16-8-11(13)5-15-16/h3-5,8-9,14H,6-7H2,1-2H3. The highest BCUT2D eigenvalue weighted by Crippen LogP contribution is 2.13. The minimum absolute atomic E-state index is 0.437. The van der Waals surface area contributed by atoms with Crippen LogP contribution >= 0.6 is 11.6 Å². The van der Waals surface area contributed by atoms with Crippen molar-refractivity contribution in [1.82, 2.24) is 15.1 Å². The van der Waals surface area contributed by atoms with Crippen LogP contribution in [-0.4, -0.2) is 15.8 Å². The number of aromatic nitrogens is 2. The van der Waals surface area contributed by atoms with Gasteiger partial charge in [0.15, 0.2) is 0 Å². The van der Waals surface area contributed by atoms with Crippen molar-refractivity contribution in [3.8, 4) is 0 Å². The molecule has 0 radical (unpaired) electrons. The van der Waals surface area contributed by atoms with Crippen molar-refractivity contribution in [3.05, 3.63) is 41.1 Å². The maximum atomic E-state index is 5.82. The van der Waals surface area contributed by atoms with Crippen molar-refractivity contribution >= 4 is 11.6 Å². The smallest absolute Gasteiger partial charge is 0.122 e. The van der Waals surface area contributed by atoms with Crippen LogP contribution in [0.2, 0.25) is 5.02 Å². The van der Waals surface area contributed by atoms with Crippen LogP contribution in [0.3, 0.4) is 0 Å². The van der Waals surface area contributed by atoms with Gasteiger partial charge in [-0.1, -0.05) is 25.4 Å². The molecule has 17 heavy (non-hydrogen) atoms. The van der Waals surface area contributed by atoms with Crippen LogP contribution in [0.4, 0.5) is 0 Å². The Kier molecular flexibility index (Phi) is 3.86. The van der Waals surface area contributed by atoms with Crippen LogP contribution in [-0.2, 0) is 13.1 Å². The molecule has 0 aromatic carbocycles. The lowest BCUT2D eigenvalue weighted by molar-refractivity contribution is 0.458. The third-order valence-electron chi connectivity index (χ3n) is 2.44. The highest BCUT2D eigenvalue weighted by Gasteiger charge is 2.08. The van der Waals surface area contributed by atoms with E-state index in [1.165, 1.54) is 0 Å². The molecule has 0 aliphatic rings. The Bertz CT molecular complexity index is 476. The molecule has 92 valence electrons. The molecule has 0 unspecified atom stereocenters. The largest absolute Gasteiger partial charge is 0.468 e. The summed E-state index contributed by atoms with van der Waals surface area (Å²) >= 11 is 5.82. The molecule has 1 N–H and O–H groups in total. The Labute approximate surface area is 106 Å². The number of nitrogens with zero attached hydrogens (tertiary/aromatic N) is 2. The molecular formula is C12H16ClN3O. The molecule has 0 amide bonds. The van der Waals surface area contributed by atoms with Gasteiger partial charge in [0.1, 0.15) is 5.76 Å². The highest BCUT2D eigenvalue weighted by atomic mass is 35.5. The lowest BCUT2D eigenvalue weighted by atomic mass is 10.2. The van der Waals surface area contributed by atoms with Gasteiger partial charge >= 0.3 is 0 Å². The molecule has 0 aliphatic heterocycles. The predicted octanol–water partition coefficient (Wildman–Crippen LogP) is 2.68. The van der Waals surface area contributed by atoms with Gasteiger partial charge in [-0.05, 0) is 6.07 Å². The Morgan fingerprint density at radius 2 is 2.35 bits per heavy atom. The molecule has 2 aromatic rings. The molecule has 0 spiro atoms. The zero-order chi connectivity index (χ0) is 12.3. The third kappa shape index (κ3) is 3.35. The molecule has 0 atom stereocenters. The van der Waals surface area contributed by atoms with E-state index in [9.17, 15) is 0 Å². The molecule has 0 saturated carbocycles. The Balaban J connectivity index is 2.03. The minimum Gasteiger partial charge on any atom is -0.468 e. The fourth-order valence-corrected chi connectivity index (χ4v) is 1.72. The van der Waals surface area contributed by atoms with E-state index in [-0.39, 0.29) is 0 Å². The lowest BCUT2D eigenvalue weighted by Crippen LogP contribution is -2.22. The maximum absolute atomic E-state index is 5.82. The van der Waals surface area contributed by atoms with Crippen molar-refractivity contribution in [2.75, 3.05) is 0 Å². The van der Waals surface area contributed by atoms with Gasteiger partial charge in [0.2, 0.25) is 0 Å². The first kappa shape index (κ1) is 12.2. The molecule has 0 fully saturated rings. The first-order chi connectivity index (χ1) is 8.15. The number of halogens is 1. The molecule has 0 saturated heterocycles. The van der Waals surface area contributed by atoms with Gasteiger partial charge in [-0.25, -0.2) is 0 Å². The fraction of sp³-hybridized carbons (Fsp3) is 0.417. The molecule has 2 rings (SSSR count). The van der Waals surface area contributed by atoms with Crippen LogP contribution in [0.1, 0.15) is 25.2 Å². The van der Waals surface area contributed by atoms with Gasteiger partial charge in [-0.15, -0.1) is 0 Å². The first-order valence-corrected chi connectivity index (χ1v) is 5.99. The SMILES string of the molecule is CC(C)NCc1occc1Cn1cc(Cl)cn1. The molecule has 4 nitrogen and oxygen atoms in total. The summed E-state index contributed by atoms with van der Waals surface area (Å²) in [5.74, 6) is 0.949. The van der Waals surface area contributed by atoms with Gasteiger partial charge in [0.25, 0.3) is 0 Å². The van der Waals surface area contributed by atoms with E-state index in [1.54, 1.807) is 23.3 Å². The number of furan rings is 1. The van der Waals surface area contributed by atoms with Gasteiger partial charge in [0, 0.05) is 17.8 Å². The van der Waals surface area contributed by atoms with Crippen LogP contribution in [0.25, 0.3) is 0 Å². The summed E-state index contributed by atoms with van der Waals surface area (Å²) in [5.41, 5.74) is 1.12. The Morgan fingerprint density at radius 3 is 3.00 bits per heavy atom. The van der Waals surface area contributed by atoms with E-state index in [2.05, 4.69) is 24.3 Å². The van der Waals surface area contributed by atoms with Crippen LogP contribution in [0, 0.1) is 0 Å². The summed E-state index contributed by atoms with van der Waals surface area (Å²) in [7, 11) is 0. The maximum Gasteiger partial charge on any atom is 0.122 e. The van der Waals surface area contributed by atoms with Gasteiger partial charge in [-0.3, -0.25) is 4.68 Å². The zero-order valence-electron chi connectivity index (χ0n) is 9.98. The van der Waals surface area contributed by atoms with Crippen LogP contribution < -0.4 is 5.32 Å². The summed E-state index contributed by atoms with van der Waals surface area (Å²) < 4.78 is 7.26. The van der Waals surface area contributed by atoms with Gasteiger partial charge < -0.3 is 9.73 Å². The van der Waals surface area contributed by atoms with Crippen molar-refractivity contribution in [3.63, 3.8) is 0 Å². The summed E-state index contributed by atoms with van der Waals surface area (Å²) in [6, 6.07) is 2.40. The Hall–Kier alpha value is -1.26. The van der Waals surface area contributed by atoms with Crippen molar-refractivity contribution in [1.29, 1.82) is 0 Å². The average molecular weight is 254 g/mol. The second kappa shape index (κ2) is 5.38. The van der Waals surface area contributed by atoms with E-state index in [4.69, 9.17) is 16.0 Å². The fourth-order valence-electron chi connectivity index (χ4n) is 1.56. The van der Waals surface area contributed by atoms with E-state index < -0.39 is 0 Å². The topological polar surface area (TPSA) is 43.0 Å². The quantitative estimate of drug-likeness (QED) is 0.891. The predicted molar refractivity (Wildman–Crippen MR) is 67.0 cm³/mol. The Morgan fingerprint density at radius 1 is 1.53 bits per heavy atom. The van der Waals surface area contributed by atoms with E-state index in [1.807, 2.05) is 6.07 Å². The molecule has 5 heteroatoms. The van der Waals surface area contributed by atoms with Crippen LogP contribution in [0.15, 0.2) is 29.1 Å². The molecule has 0 aliphatic carbocycles. The number of hydrogen-bond acceptors (Lipinski definition) is 3. The monoisotopic (exact) mass is 253 g/mol. The van der Waals surface area contributed by atoms with Crippen molar-refractivity contribution in [2.24, 2.45) is 0 Å². The third-order valence-corrected chi connectivity index (χ3v) is 2.64. The minimum atomic E-state index is 0.437. The second-order valence-electron chi connectivity index (χ2n) is 4.26. The second-order valence-corrected chi connectivity index (χ2v) is 4.70. The lowest BCUT2D eigenvalue weighted by Gasteiger charge is -2.07. The molecule has 2 aromatic heterocycles. The molecule has 2 heterocycles. The number of hydrogen-bond donors (Lipinski definition) is 1. The summed E-state index contributed by atoms with van der Waals surface area (Å²) in [4.78, 5) is 0. The average Bonchev–Trinajstić information content (AvgIpc) is 2.86. The van der Waals surface area contributed by atoms with E-state index >= 15 is 0 Å². The van der Waals surface area contributed by atoms with E-state index in [0.717, 1.165) is 17.9 Å². The van der Waals surface area contributed by atoms with Gasteiger partial charge in [0.05, 0.1) is 30.6 Å². The van der Waals surface area contributed by atoms with Crippen LogP contribution in [0.5, 0.6) is 0 Å². The van der Waals surface area contributed by atoms with E-state index in [0.29, 0.717) is 17.6 Å². The number of nitrogens with one attached hydrogen (secondary N) is 1. The molecule has 0 bridgehead atoms. The zero-order valence-corrected chi connectivity index (χ0v) is 10.7. The summed E-state index contributed by atoms with van der Waals surface area (Å²) in [6.07, 6.45) is 5.14. The number of rotatable bonds is 5. The van der Waals surface area contributed by atoms with Crippen molar-refractivity contribution in [2.45, 2.75) is 33.0 Å². The molecular weight excluding hydrogens is 238 g/mol. The summed E-state index contributed by atoms with van der Waals surface area (Å²) in [5, 5.41) is 8.13. The first-order valence-electron chi connectivity index (χ1n) is 5.61. The summed E-state index contributed by atoms with van der Waals surface area (Å²) in [6.45, 7) is 5.62. The normalized spacial score (nSPS) is 11.3. The van der Waals surface area contributed by atoms with Crippen molar-refractivity contribution < 1.29 is 4.42 Å². The highest BCUT2D eigenvalue weighted by molar-refractivity contribution is 6.30.